The summed E-state index contributed by atoms with van der Waals surface area (Å²) in [4.78, 5) is 18.8. The molecule has 1 unspecified atom stereocenters. The zero-order chi connectivity index (χ0) is 37.6. The molecule has 0 bridgehead atoms. The number of aryl methyl sites for hydroxylation is 1. The lowest BCUT2D eigenvalue weighted by molar-refractivity contribution is -0.137. The first-order chi connectivity index (χ1) is 25.8. The molecule has 11 nitrogen and oxygen atoms in total. The second-order valence-electron chi connectivity index (χ2n) is 15.4. The molecule has 4 saturated heterocycles. The fraction of sp³-hybridized carbons (Fsp3) is 0.568. The van der Waals surface area contributed by atoms with Crippen LogP contribution in [-0.2, 0) is 15.7 Å². The molecule has 4 atom stereocenters. The predicted octanol–water partition coefficient (Wildman–Crippen LogP) is 7.48. The standard InChI is InChI=1S/C37H40ClF4N7O4S/c1-20-12-24-23(15-43-49(24)26-6-3-4-10-52-26)27(29(20)37(40,41)42)30-31-22(13-25(38)44-30)28-32(47-9-11-51-18-35(2,50)17-47)45-34(46-33(28)54-31)53-19-36-7-5-8-48(36)16-21(39)14-36/h12-13,15,21,26,50H,3-11,14,16-19H2,1-2H3/t21-,26?,35+,36+/m1/s1. The smallest absolute Gasteiger partial charge is 0.417 e. The van der Waals surface area contributed by atoms with E-state index in [0.717, 1.165) is 32.2 Å². The fourth-order valence-corrected chi connectivity index (χ4v) is 10.3. The van der Waals surface area contributed by atoms with Crippen LogP contribution in [0.4, 0.5) is 23.4 Å². The van der Waals surface area contributed by atoms with Gasteiger partial charge >= 0.3 is 12.2 Å². The van der Waals surface area contributed by atoms with Crippen molar-refractivity contribution in [2.45, 2.75) is 82.1 Å². The monoisotopic (exact) mass is 789 g/mol. The van der Waals surface area contributed by atoms with Gasteiger partial charge < -0.3 is 24.2 Å². The van der Waals surface area contributed by atoms with Crippen LogP contribution in [0.5, 0.6) is 6.01 Å². The van der Waals surface area contributed by atoms with Gasteiger partial charge in [-0.2, -0.15) is 28.2 Å². The summed E-state index contributed by atoms with van der Waals surface area (Å²) in [7, 11) is 0. The first-order valence-corrected chi connectivity index (χ1v) is 19.6. The summed E-state index contributed by atoms with van der Waals surface area (Å²) in [5, 5.41) is 17.1. The third-order valence-electron chi connectivity index (χ3n) is 11.3. The number of benzene rings is 1. The van der Waals surface area contributed by atoms with Gasteiger partial charge in [0.1, 0.15) is 34.2 Å². The van der Waals surface area contributed by atoms with Crippen molar-refractivity contribution in [3.63, 3.8) is 0 Å². The number of aromatic nitrogens is 5. The zero-order valence-electron chi connectivity index (χ0n) is 29.9. The van der Waals surface area contributed by atoms with Crippen LogP contribution in [0.1, 0.15) is 62.8 Å². The number of halogens is 5. The fourth-order valence-electron chi connectivity index (χ4n) is 8.98. The Morgan fingerprint density at radius 3 is 2.76 bits per heavy atom. The van der Waals surface area contributed by atoms with E-state index in [1.807, 2.05) is 4.90 Å². The average molecular weight is 790 g/mol. The number of thiophene rings is 1. The molecule has 288 valence electrons. The molecule has 54 heavy (non-hydrogen) atoms. The highest BCUT2D eigenvalue weighted by atomic mass is 35.5. The van der Waals surface area contributed by atoms with E-state index in [-0.39, 0.29) is 53.1 Å². The lowest BCUT2D eigenvalue weighted by atomic mass is 9.94. The Balaban J connectivity index is 1.26. The maximum absolute atomic E-state index is 15.2. The van der Waals surface area contributed by atoms with Crippen molar-refractivity contribution in [3.8, 4) is 17.3 Å². The second-order valence-corrected chi connectivity index (χ2v) is 16.8. The summed E-state index contributed by atoms with van der Waals surface area (Å²) in [6.07, 6.45) is -0.0211. The SMILES string of the molecule is Cc1cc2c(cnn2C2CCCCO2)c(-c2nc(Cl)cc3c2sc2nc(OC[C@@]45CCCN4C[C@H](F)C5)nc(N4CCOC[C@@](C)(O)C4)c23)c1C(F)(F)F. The third kappa shape index (κ3) is 6.26. The Hall–Kier alpha value is -3.41. The van der Waals surface area contributed by atoms with Gasteiger partial charge in [0.05, 0.1) is 58.4 Å². The lowest BCUT2D eigenvalue weighted by Crippen LogP contribution is -2.43. The predicted molar refractivity (Wildman–Crippen MR) is 197 cm³/mol. The first kappa shape index (κ1) is 36.2. The highest BCUT2D eigenvalue weighted by molar-refractivity contribution is 7.26. The topological polar surface area (TPSA) is 111 Å². The summed E-state index contributed by atoms with van der Waals surface area (Å²) in [6.45, 7) is 5.93. The number of pyridine rings is 1. The minimum Gasteiger partial charge on any atom is -0.461 e. The van der Waals surface area contributed by atoms with Crippen molar-refractivity contribution in [2.24, 2.45) is 0 Å². The van der Waals surface area contributed by atoms with Gasteiger partial charge in [0.15, 0.2) is 6.23 Å². The van der Waals surface area contributed by atoms with Crippen LogP contribution in [0, 0.1) is 6.92 Å². The highest BCUT2D eigenvalue weighted by Crippen LogP contribution is 2.50. The number of β-amino-alcohol motifs (C(OH)–C–C–N with tert-alkyl or cyclic N) is 1. The van der Waals surface area contributed by atoms with Crippen molar-refractivity contribution in [2.75, 3.05) is 57.5 Å². The summed E-state index contributed by atoms with van der Waals surface area (Å²) >= 11 is 7.91. The quantitative estimate of drug-likeness (QED) is 0.137. The first-order valence-electron chi connectivity index (χ1n) is 18.4. The number of hydrogen-bond donors (Lipinski definition) is 1. The molecule has 5 aromatic rings. The van der Waals surface area contributed by atoms with E-state index in [9.17, 15) is 9.50 Å². The molecular weight excluding hydrogens is 750 g/mol. The summed E-state index contributed by atoms with van der Waals surface area (Å²) in [6, 6.07) is 3.19. The van der Waals surface area contributed by atoms with E-state index < -0.39 is 35.3 Å². The Morgan fingerprint density at radius 1 is 1.11 bits per heavy atom. The number of rotatable bonds is 6. The van der Waals surface area contributed by atoms with Gasteiger partial charge in [-0.15, -0.1) is 11.3 Å². The molecule has 9 rings (SSSR count). The minimum atomic E-state index is -4.74. The Kier molecular flexibility index (Phi) is 8.97. The van der Waals surface area contributed by atoms with Crippen molar-refractivity contribution in [3.05, 3.63) is 34.6 Å². The van der Waals surface area contributed by atoms with Gasteiger partial charge in [-0.25, -0.2) is 14.1 Å². The van der Waals surface area contributed by atoms with Gasteiger partial charge in [-0.05, 0) is 70.2 Å². The molecule has 4 fully saturated rings. The molecule has 1 aromatic carbocycles. The number of fused-ring (bicyclic) bond motifs is 5. The maximum atomic E-state index is 15.2. The molecule has 17 heteroatoms. The Bertz CT molecular complexity index is 2260. The number of alkyl halides is 4. The van der Waals surface area contributed by atoms with Crippen LogP contribution in [0.2, 0.25) is 5.15 Å². The number of anilines is 1. The van der Waals surface area contributed by atoms with Crippen molar-refractivity contribution in [1.29, 1.82) is 0 Å². The van der Waals surface area contributed by atoms with E-state index in [0.29, 0.717) is 70.8 Å². The van der Waals surface area contributed by atoms with Crippen molar-refractivity contribution < 1.29 is 36.9 Å². The third-order valence-corrected chi connectivity index (χ3v) is 12.6. The summed E-state index contributed by atoms with van der Waals surface area (Å²) in [5.41, 5.74) is -2.07. The molecule has 0 spiro atoms. The summed E-state index contributed by atoms with van der Waals surface area (Å²) in [5.74, 6) is 0.420. The highest BCUT2D eigenvalue weighted by Gasteiger charge is 2.49. The number of ether oxygens (including phenoxy) is 3. The molecule has 4 aromatic heterocycles. The van der Waals surface area contributed by atoms with Crippen molar-refractivity contribution in [1.82, 2.24) is 29.6 Å². The molecular formula is C37H40ClF4N7O4S. The molecule has 4 aliphatic heterocycles. The summed E-state index contributed by atoms with van der Waals surface area (Å²) < 4.78 is 80.3. The molecule has 0 saturated carbocycles. The van der Waals surface area contributed by atoms with Gasteiger partial charge in [0, 0.05) is 42.5 Å². The minimum absolute atomic E-state index is 0.0112. The second kappa shape index (κ2) is 13.4. The Morgan fingerprint density at radius 2 is 1.96 bits per heavy atom. The van der Waals surface area contributed by atoms with Crippen LogP contribution in [-0.4, -0.2) is 105 Å². The Labute approximate surface area is 317 Å². The van der Waals surface area contributed by atoms with Gasteiger partial charge in [-0.3, -0.25) is 4.90 Å². The van der Waals surface area contributed by atoms with Crippen LogP contribution >= 0.6 is 22.9 Å². The van der Waals surface area contributed by atoms with Gasteiger partial charge in [-0.1, -0.05) is 11.6 Å². The van der Waals surface area contributed by atoms with E-state index in [1.54, 1.807) is 17.7 Å². The van der Waals surface area contributed by atoms with Gasteiger partial charge in [0.25, 0.3) is 0 Å². The maximum Gasteiger partial charge on any atom is 0.417 e. The molecule has 0 radical (unpaired) electrons. The largest absolute Gasteiger partial charge is 0.461 e. The average Bonchev–Trinajstić information content (AvgIpc) is 3.85. The molecule has 1 N–H and O–H groups in total. The van der Waals surface area contributed by atoms with Crippen LogP contribution in [0.25, 0.3) is 42.5 Å². The normalized spacial score (nSPS) is 27.0. The molecule has 4 aliphatic rings. The number of nitrogens with zero attached hydrogens (tertiary/aromatic N) is 7. The lowest BCUT2D eigenvalue weighted by Gasteiger charge is -2.31. The van der Waals surface area contributed by atoms with Crippen LogP contribution in [0.3, 0.4) is 0 Å². The number of aliphatic hydroxyl groups is 1. The van der Waals surface area contributed by atoms with E-state index in [2.05, 4.69) is 15.0 Å². The number of hydrogen-bond acceptors (Lipinski definition) is 11. The van der Waals surface area contributed by atoms with E-state index in [1.165, 1.54) is 30.5 Å². The molecule has 0 aliphatic carbocycles. The van der Waals surface area contributed by atoms with Crippen molar-refractivity contribution >= 4 is 60.0 Å². The van der Waals surface area contributed by atoms with Crippen LogP contribution in [0.15, 0.2) is 18.3 Å². The molecule has 8 heterocycles. The van der Waals surface area contributed by atoms with E-state index in [4.69, 9.17) is 35.8 Å². The van der Waals surface area contributed by atoms with Gasteiger partial charge in [0.2, 0.25) is 0 Å². The zero-order valence-corrected chi connectivity index (χ0v) is 31.5. The van der Waals surface area contributed by atoms with E-state index >= 15 is 13.2 Å². The molecule has 0 amide bonds. The van der Waals surface area contributed by atoms with Crippen LogP contribution < -0.4 is 9.64 Å².